The predicted octanol–water partition coefficient (Wildman–Crippen LogP) is 3.17. The van der Waals surface area contributed by atoms with Crippen molar-refractivity contribution >= 4 is 0 Å². The molecule has 2 unspecified atom stereocenters. The Balaban J connectivity index is 1.97. The summed E-state index contributed by atoms with van der Waals surface area (Å²) in [7, 11) is 1.82. The Hall–Kier alpha value is -0.960. The number of hydrogen-bond acceptors (Lipinski definition) is 3. The van der Waals surface area contributed by atoms with E-state index in [-0.39, 0.29) is 16.8 Å². The van der Waals surface area contributed by atoms with Crippen molar-refractivity contribution < 1.29 is 14.2 Å². The molecule has 0 saturated heterocycles. The molecule has 4 aliphatic rings. The molecule has 18 heavy (non-hydrogen) atoms. The van der Waals surface area contributed by atoms with E-state index in [1.165, 1.54) is 0 Å². The lowest BCUT2D eigenvalue weighted by Crippen LogP contribution is -2.67. The lowest BCUT2D eigenvalue weighted by atomic mass is 9.50. The molecule has 3 heteroatoms. The maximum atomic E-state index is 5.91. The average molecular weight is 250 g/mol. The van der Waals surface area contributed by atoms with Gasteiger partial charge in [0.2, 0.25) is 0 Å². The minimum atomic E-state index is -0.139. The Morgan fingerprint density at radius 2 is 1.33 bits per heavy atom. The zero-order valence-corrected chi connectivity index (χ0v) is 11.1. The minimum Gasteiger partial charge on any atom is -0.495 e. The molecule has 4 bridgehead atoms. The minimum absolute atomic E-state index is 0.0779. The van der Waals surface area contributed by atoms with Crippen LogP contribution in [0.5, 0.6) is 0 Å². The van der Waals surface area contributed by atoms with Gasteiger partial charge in [0, 0.05) is 26.4 Å². The van der Waals surface area contributed by atoms with Crippen molar-refractivity contribution in [3.63, 3.8) is 0 Å². The molecule has 2 atom stereocenters. The lowest BCUT2D eigenvalue weighted by molar-refractivity contribution is -0.263. The molecule has 3 nitrogen and oxygen atoms in total. The van der Waals surface area contributed by atoms with Crippen LogP contribution in [0.4, 0.5) is 0 Å². The number of methoxy groups -OCH3 is 1. The van der Waals surface area contributed by atoms with E-state index in [4.69, 9.17) is 14.2 Å². The molecular formula is C15H22O3. The van der Waals surface area contributed by atoms with E-state index >= 15 is 0 Å². The summed E-state index contributed by atoms with van der Waals surface area (Å²) in [5, 5.41) is 0. The smallest absolute Gasteiger partial charge is 0.115 e. The maximum absolute atomic E-state index is 5.91. The van der Waals surface area contributed by atoms with E-state index in [0.717, 1.165) is 38.5 Å². The largest absolute Gasteiger partial charge is 0.495 e. The molecule has 100 valence electrons. The third kappa shape index (κ3) is 1.60. The average Bonchev–Trinajstić information content (AvgIpc) is 2.27. The summed E-state index contributed by atoms with van der Waals surface area (Å²) in [5.74, 6) is 0.626. The standard InChI is InChI=1S/C15H22O3/c1-4-17-14-7-12-6-13(9-14,16-3)10-15(8-12,11-14)18-5-2/h4-5,12H,1-2,6-11H2,3H3. The molecule has 4 fully saturated rings. The molecule has 0 aromatic carbocycles. The quantitative estimate of drug-likeness (QED) is 0.701. The van der Waals surface area contributed by atoms with Crippen molar-refractivity contribution in [2.24, 2.45) is 5.92 Å². The van der Waals surface area contributed by atoms with Crippen molar-refractivity contribution in [2.75, 3.05) is 7.11 Å². The molecule has 0 spiro atoms. The molecule has 0 amide bonds. The van der Waals surface area contributed by atoms with Crippen molar-refractivity contribution in [3.05, 3.63) is 25.7 Å². The fraction of sp³-hybridized carbons (Fsp3) is 0.733. The SMILES string of the molecule is C=COC12CC3CC(OC)(C1)CC(OC=C)(C3)C2. The summed E-state index contributed by atoms with van der Waals surface area (Å²) in [6.07, 6.45) is 9.35. The topological polar surface area (TPSA) is 27.7 Å². The molecule has 0 N–H and O–H groups in total. The first-order valence-electron chi connectivity index (χ1n) is 6.72. The van der Waals surface area contributed by atoms with E-state index in [2.05, 4.69) is 13.2 Å². The molecule has 4 rings (SSSR count). The number of ether oxygens (including phenoxy) is 3. The van der Waals surface area contributed by atoms with Crippen molar-refractivity contribution in [2.45, 2.75) is 55.3 Å². The van der Waals surface area contributed by atoms with Crippen molar-refractivity contribution in [3.8, 4) is 0 Å². The van der Waals surface area contributed by atoms with Crippen molar-refractivity contribution in [1.82, 2.24) is 0 Å². The second-order valence-corrected chi connectivity index (χ2v) is 6.33. The van der Waals surface area contributed by atoms with Crippen LogP contribution in [0.25, 0.3) is 0 Å². The lowest BCUT2D eigenvalue weighted by Gasteiger charge is -2.64. The molecule has 0 aromatic rings. The molecule has 4 saturated carbocycles. The van der Waals surface area contributed by atoms with Crippen molar-refractivity contribution in [1.29, 1.82) is 0 Å². The number of hydrogen-bond donors (Lipinski definition) is 0. The Morgan fingerprint density at radius 1 is 0.889 bits per heavy atom. The Labute approximate surface area is 109 Å². The predicted molar refractivity (Wildman–Crippen MR) is 69.0 cm³/mol. The van der Waals surface area contributed by atoms with Gasteiger partial charge < -0.3 is 14.2 Å². The van der Waals surface area contributed by atoms with Gasteiger partial charge in [0.25, 0.3) is 0 Å². The highest BCUT2D eigenvalue weighted by atomic mass is 16.5. The third-order valence-electron chi connectivity index (χ3n) is 5.01. The highest BCUT2D eigenvalue weighted by molar-refractivity contribution is 5.17. The number of rotatable bonds is 5. The summed E-state index contributed by atoms with van der Waals surface area (Å²) >= 11 is 0. The summed E-state index contributed by atoms with van der Waals surface area (Å²) < 4.78 is 17.7. The van der Waals surface area contributed by atoms with Crippen LogP contribution in [0.1, 0.15) is 38.5 Å². The molecular weight excluding hydrogens is 228 g/mol. The molecule has 0 radical (unpaired) electrons. The van der Waals surface area contributed by atoms with E-state index < -0.39 is 0 Å². The molecule has 4 aliphatic carbocycles. The van der Waals surface area contributed by atoms with Gasteiger partial charge in [0.1, 0.15) is 11.2 Å². The molecule has 0 aromatic heterocycles. The maximum Gasteiger partial charge on any atom is 0.115 e. The normalized spacial score (nSPS) is 48.8. The summed E-state index contributed by atoms with van der Waals surface area (Å²) in [4.78, 5) is 0. The van der Waals surface area contributed by atoms with Crippen LogP contribution >= 0.6 is 0 Å². The van der Waals surface area contributed by atoms with E-state index in [1.807, 2.05) is 7.11 Å². The van der Waals surface area contributed by atoms with Crippen LogP contribution in [0.15, 0.2) is 25.7 Å². The summed E-state index contributed by atoms with van der Waals surface area (Å²) in [6, 6.07) is 0. The van der Waals surface area contributed by atoms with E-state index in [1.54, 1.807) is 12.5 Å². The first-order chi connectivity index (χ1) is 8.59. The van der Waals surface area contributed by atoms with Crippen LogP contribution in [-0.2, 0) is 14.2 Å². The van der Waals surface area contributed by atoms with Crippen LogP contribution in [0.3, 0.4) is 0 Å². The summed E-state index contributed by atoms with van der Waals surface area (Å²) in [6.45, 7) is 7.46. The summed E-state index contributed by atoms with van der Waals surface area (Å²) in [5.41, 5.74) is -0.355. The van der Waals surface area contributed by atoms with E-state index in [9.17, 15) is 0 Å². The van der Waals surface area contributed by atoms with Crippen LogP contribution in [-0.4, -0.2) is 23.9 Å². The fourth-order valence-electron chi connectivity index (χ4n) is 5.02. The first kappa shape index (κ1) is 12.1. The zero-order valence-electron chi connectivity index (χ0n) is 11.1. The molecule has 0 heterocycles. The van der Waals surface area contributed by atoms with Crippen LogP contribution in [0.2, 0.25) is 0 Å². The van der Waals surface area contributed by atoms with Crippen LogP contribution < -0.4 is 0 Å². The van der Waals surface area contributed by atoms with Gasteiger partial charge in [-0.1, -0.05) is 13.2 Å². The first-order valence-corrected chi connectivity index (χ1v) is 6.72. The van der Waals surface area contributed by atoms with Gasteiger partial charge >= 0.3 is 0 Å². The van der Waals surface area contributed by atoms with Crippen LogP contribution in [0, 0.1) is 5.92 Å². The van der Waals surface area contributed by atoms with Gasteiger partial charge in [-0.25, -0.2) is 0 Å². The zero-order chi connectivity index (χ0) is 12.9. The highest BCUT2D eigenvalue weighted by Crippen LogP contribution is 2.62. The Kier molecular flexibility index (Phi) is 2.53. The van der Waals surface area contributed by atoms with Gasteiger partial charge in [-0.05, 0) is 25.2 Å². The van der Waals surface area contributed by atoms with Gasteiger partial charge in [-0.15, -0.1) is 0 Å². The Morgan fingerprint density at radius 3 is 1.78 bits per heavy atom. The monoisotopic (exact) mass is 250 g/mol. The highest BCUT2D eigenvalue weighted by Gasteiger charge is 2.66. The second kappa shape index (κ2) is 3.77. The molecule has 0 aliphatic heterocycles. The fourth-order valence-corrected chi connectivity index (χ4v) is 5.02. The van der Waals surface area contributed by atoms with Gasteiger partial charge in [-0.2, -0.15) is 0 Å². The van der Waals surface area contributed by atoms with Gasteiger partial charge in [-0.3, -0.25) is 0 Å². The van der Waals surface area contributed by atoms with Gasteiger partial charge in [0.05, 0.1) is 18.1 Å². The van der Waals surface area contributed by atoms with E-state index in [0.29, 0.717) is 5.92 Å². The van der Waals surface area contributed by atoms with Gasteiger partial charge in [0.15, 0.2) is 0 Å². The third-order valence-corrected chi connectivity index (χ3v) is 5.01. The second-order valence-electron chi connectivity index (χ2n) is 6.33. The Bertz CT molecular complexity index is 350.